The average Bonchev–Trinajstić information content (AvgIpc) is 2.69. The van der Waals surface area contributed by atoms with Crippen LogP contribution in [0, 0.1) is 18.6 Å². The summed E-state index contributed by atoms with van der Waals surface area (Å²) in [7, 11) is 0. The molecule has 0 saturated carbocycles. The average molecular weight is 343 g/mol. The van der Waals surface area contributed by atoms with Crippen LogP contribution in [-0.4, -0.2) is 15.6 Å². The van der Waals surface area contributed by atoms with E-state index in [9.17, 15) is 13.6 Å². The third kappa shape index (κ3) is 2.80. The molecule has 0 spiro atoms. The van der Waals surface area contributed by atoms with Gasteiger partial charge in [0.25, 0.3) is 0 Å². The lowest BCUT2D eigenvalue weighted by molar-refractivity contribution is 0.0986. The smallest absolute Gasteiger partial charge is 0.171 e. The summed E-state index contributed by atoms with van der Waals surface area (Å²) in [5, 5.41) is 4.27. The molecule has 0 saturated heterocycles. The van der Waals surface area contributed by atoms with Crippen molar-refractivity contribution in [1.82, 2.24) is 9.78 Å². The maximum absolute atomic E-state index is 13.6. The minimum atomic E-state index is -0.716. The maximum Gasteiger partial charge on any atom is 0.171 e. The summed E-state index contributed by atoms with van der Waals surface area (Å²) in [6, 6.07) is 2.87. The monoisotopic (exact) mass is 342 g/mol. The number of carbonyl (C=O) groups excluding carboxylic acids is 1. The van der Waals surface area contributed by atoms with E-state index >= 15 is 0 Å². The highest BCUT2D eigenvalue weighted by Crippen LogP contribution is 2.23. The van der Waals surface area contributed by atoms with Crippen LogP contribution in [0.15, 0.2) is 22.7 Å². The van der Waals surface area contributed by atoms with E-state index in [1.165, 1.54) is 0 Å². The summed E-state index contributed by atoms with van der Waals surface area (Å²) in [5.41, 5.74) is 1.19. The van der Waals surface area contributed by atoms with Gasteiger partial charge in [-0.1, -0.05) is 0 Å². The standard InChI is InChI=1S/C14H13BrF2N2O/c1-3-19-12(14(15)8(2)18-19)7-13(20)10-6-9(16)4-5-11(10)17/h4-6H,3,7H2,1-2H3. The van der Waals surface area contributed by atoms with Crippen LogP contribution in [0.4, 0.5) is 8.78 Å². The van der Waals surface area contributed by atoms with Gasteiger partial charge >= 0.3 is 0 Å². The van der Waals surface area contributed by atoms with Gasteiger partial charge in [-0.3, -0.25) is 9.48 Å². The molecule has 106 valence electrons. The fourth-order valence-corrected chi connectivity index (χ4v) is 2.42. The van der Waals surface area contributed by atoms with Gasteiger partial charge in [0.1, 0.15) is 11.6 Å². The zero-order valence-electron chi connectivity index (χ0n) is 11.1. The number of nitrogens with zero attached hydrogens (tertiary/aromatic N) is 2. The number of benzene rings is 1. The normalized spacial score (nSPS) is 10.8. The van der Waals surface area contributed by atoms with Crippen LogP contribution in [0.25, 0.3) is 0 Å². The molecule has 0 bridgehead atoms. The summed E-state index contributed by atoms with van der Waals surface area (Å²) < 4.78 is 29.1. The quantitative estimate of drug-likeness (QED) is 0.794. The number of hydrogen-bond donors (Lipinski definition) is 0. The molecule has 0 aliphatic heterocycles. The molecule has 0 aliphatic carbocycles. The second-order valence-corrected chi connectivity index (χ2v) is 5.18. The summed E-state index contributed by atoms with van der Waals surface area (Å²) >= 11 is 3.37. The Labute approximate surface area is 123 Å². The second kappa shape index (κ2) is 5.83. The van der Waals surface area contributed by atoms with E-state index in [1.54, 1.807) is 4.68 Å². The SMILES string of the molecule is CCn1nc(C)c(Br)c1CC(=O)c1cc(F)ccc1F. The van der Waals surface area contributed by atoms with Gasteiger partial charge in [0, 0.05) is 6.54 Å². The lowest BCUT2D eigenvalue weighted by Gasteiger charge is -2.06. The molecule has 0 fully saturated rings. The van der Waals surface area contributed by atoms with Crippen molar-refractivity contribution in [2.45, 2.75) is 26.8 Å². The van der Waals surface area contributed by atoms with Gasteiger partial charge in [-0.15, -0.1) is 0 Å². The van der Waals surface area contributed by atoms with Gasteiger partial charge in [-0.05, 0) is 48.0 Å². The van der Waals surface area contributed by atoms with Crippen molar-refractivity contribution in [3.05, 3.63) is 51.3 Å². The number of carbonyl (C=O) groups is 1. The van der Waals surface area contributed by atoms with Crippen molar-refractivity contribution < 1.29 is 13.6 Å². The van der Waals surface area contributed by atoms with E-state index in [4.69, 9.17) is 0 Å². The van der Waals surface area contributed by atoms with Crippen molar-refractivity contribution in [2.75, 3.05) is 0 Å². The van der Waals surface area contributed by atoms with E-state index < -0.39 is 17.4 Å². The predicted molar refractivity (Wildman–Crippen MR) is 74.7 cm³/mol. The Morgan fingerprint density at radius 1 is 1.40 bits per heavy atom. The van der Waals surface area contributed by atoms with Crippen molar-refractivity contribution in [2.24, 2.45) is 0 Å². The zero-order chi connectivity index (χ0) is 14.9. The molecule has 0 amide bonds. The largest absolute Gasteiger partial charge is 0.294 e. The molecular weight excluding hydrogens is 330 g/mol. The molecular formula is C14H13BrF2N2O. The van der Waals surface area contributed by atoms with E-state index in [2.05, 4.69) is 21.0 Å². The molecule has 20 heavy (non-hydrogen) atoms. The van der Waals surface area contributed by atoms with Crippen molar-refractivity contribution >= 4 is 21.7 Å². The van der Waals surface area contributed by atoms with Crippen LogP contribution in [-0.2, 0) is 13.0 Å². The Morgan fingerprint density at radius 2 is 2.10 bits per heavy atom. The molecule has 1 aromatic carbocycles. The molecule has 0 aliphatic rings. The highest BCUT2D eigenvalue weighted by Gasteiger charge is 2.19. The first-order chi connectivity index (χ1) is 9.43. The first-order valence-electron chi connectivity index (χ1n) is 6.14. The van der Waals surface area contributed by atoms with Gasteiger partial charge in [-0.2, -0.15) is 5.10 Å². The zero-order valence-corrected chi connectivity index (χ0v) is 12.7. The van der Waals surface area contributed by atoms with E-state index in [0.29, 0.717) is 12.2 Å². The van der Waals surface area contributed by atoms with Gasteiger partial charge in [0.05, 0.1) is 27.8 Å². The Morgan fingerprint density at radius 3 is 2.75 bits per heavy atom. The first-order valence-corrected chi connectivity index (χ1v) is 6.93. The van der Waals surface area contributed by atoms with Crippen LogP contribution < -0.4 is 0 Å². The molecule has 3 nitrogen and oxygen atoms in total. The van der Waals surface area contributed by atoms with Crippen LogP contribution in [0.5, 0.6) is 0 Å². The van der Waals surface area contributed by atoms with Crippen LogP contribution in [0.3, 0.4) is 0 Å². The van der Waals surface area contributed by atoms with Gasteiger partial charge in [0.15, 0.2) is 5.78 Å². The number of hydrogen-bond acceptors (Lipinski definition) is 2. The minimum absolute atomic E-state index is 0.0321. The fraction of sp³-hybridized carbons (Fsp3) is 0.286. The lowest BCUT2D eigenvalue weighted by atomic mass is 10.1. The molecule has 2 rings (SSSR count). The summed E-state index contributed by atoms with van der Waals surface area (Å²) in [5.74, 6) is -1.82. The number of aryl methyl sites for hydroxylation is 2. The summed E-state index contributed by atoms with van der Waals surface area (Å²) in [6.07, 6.45) is -0.0321. The van der Waals surface area contributed by atoms with E-state index in [-0.39, 0.29) is 12.0 Å². The number of halogens is 3. The Hall–Kier alpha value is -1.56. The molecule has 2 aromatic rings. The van der Waals surface area contributed by atoms with Crippen molar-refractivity contribution in [1.29, 1.82) is 0 Å². The topological polar surface area (TPSA) is 34.9 Å². The number of rotatable bonds is 4. The van der Waals surface area contributed by atoms with Gasteiger partial charge in [-0.25, -0.2) is 8.78 Å². The number of aromatic nitrogens is 2. The third-order valence-corrected chi connectivity index (χ3v) is 4.04. The highest BCUT2D eigenvalue weighted by atomic mass is 79.9. The van der Waals surface area contributed by atoms with Crippen LogP contribution in [0.1, 0.15) is 28.7 Å². The second-order valence-electron chi connectivity index (χ2n) is 4.39. The Balaban J connectivity index is 2.35. The minimum Gasteiger partial charge on any atom is -0.294 e. The van der Waals surface area contributed by atoms with E-state index in [0.717, 1.165) is 28.4 Å². The van der Waals surface area contributed by atoms with E-state index in [1.807, 2.05) is 13.8 Å². The van der Waals surface area contributed by atoms with Crippen LogP contribution in [0.2, 0.25) is 0 Å². The predicted octanol–water partition coefficient (Wildman–Crippen LogP) is 3.68. The van der Waals surface area contributed by atoms with Gasteiger partial charge < -0.3 is 0 Å². The fourth-order valence-electron chi connectivity index (χ4n) is 2.00. The molecule has 6 heteroatoms. The molecule has 0 unspecified atom stereocenters. The number of ketones is 1. The first kappa shape index (κ1) is 14.8. The van der Waals surface area contributed by atoms with Crippen molar-refractivity contribution in [3.8, 4) is 0 Å². The molecule has 0 atom stereocenters. The Kier molecular flexibility index (Phi) is 4.32. The third-order valence-electron chi connectivity index (χ3n) is 3.01. The summed E-state index contributed by atoms with van der Waals surface area (Å²) in [4.78, 5) is 12.1. The Bertz CT molecular complexity index is 667. The lowest BCUT2D eigenvalue weighted by Crippen LogP contribution is -2.11. The van der Waals surface area contributed by atoms with Gasteiger partial charge in [0.2, 0.25) is 0 Å². The number of Topliss-reactive ketones (excluding diaryl/α,β-unsaturated/α-hetero) is 1. The molecule has 0 N–H and O–H groups in total. The molecule has 1 aromatic heterocycles. The summed E-state index contributed by atoms with van der Waals surface area (Å²) in [6.45, 7) is 4.31. The van der Waals surface area contributed by atoms with Crippen LogP contribution >= 0.6 is 15.9 Å². The molecule has 0 radical (unpaired) electrons. The van der Waals surface area contributed by atoms with Crippen molar-refractivity contribution in [3.63, 3.8) is 0 Å². The molecule has 1 heterocycles. The maximum atomic E-state index is 13.6. The highest BCUT2D eigenvalue weighted by molar-refractivity contribution is 9.10.